The number of para-hydroxylation sites is 1. The van der Waals surface area contributed by atoms with E-state index in [1.165, 1.54) is 4.70 Å². The van der Waals surface area contributed by atoms with E-state index < -0.39 is 0 Å². The molecule has 24 heavy (non-hydrogen) atoms. The summed E-state index contributed by atoms with van der Waals surface area (Å²) in [5.74, 6) is 0. The van der Waals surface area contributed by atoms with Crippen LogP contribution in [0.4, 0.5) is 10.5 Å². The van der Waals surface area contributed by atoms with E-state index in [1.54, 1.807) is 18.3 Å². The lowest BCUT2D eigenvalue weighted by Crippen LogP contribution is -2.38. The van der Waals surface area contributed by atoms with Crippen LogP contribution in [0.15, 0.2) is 48.5 Å². The van der Waals surface area contributed by atoms with Gasteiger partial charge in [0.25, 0.3) is 0 Å². The van der Waals surface area contributed by atoms with Crippen LogP contribution < -0.4 is 10.6 Å². The second-order valence-corrected chi connectivity index (χ2v) is 6.75. The van der Waals surface area contributed by atoms with Crippen LogP contribution in [0, 0.1) is 0 Å². The highest BCUT2D eigenvalue weighted by molar-refractivity contribution is 7.18. The number of carbonyl (C=O) groups is 1. The van der Waals surface area contributed by atoms with Crippen molar-refractivity contribution in [2.24, 2.45) is 0 Å². The van der Waals surface area contributed by atoms with Crippen LogP contribution >= 0.6 is 11.3 Å². The maximum Gasteiger partial charge on any atom is 0.319 e. The predicted molar refractivity (Wildman–Crippen MR) is 97.6 cm³/mol. The average molecular weight is 341 g/mol. The van der Waals surface area contributed by atoms with Gasteiger partial charge in [-0.2, -0.15) is 0 Å². The summed E-state index contributed by atoms with van der Waals surface area (Å²) in [6, 6.07) is 15.2. The van der Waals surface area contributed by atoms with E-state index in [9.17, 15) is 4.79 Å². The Labute approximate surface area is 144 Å². The van der Waals surface area contributed by atoms with Crippen molar-refractivity contribution in [3.05, 3.63) is 59.1 Å². The van der Waals surface area contributed by atoms with Crippen molar-refractivity contribution in [1.29, 1.82) is 0 Å². The lowest BCUT2D eigenvalue weighted by Gasteiger charge is -2.12. The smallest absolute Gasteiger partial charge is 0.319 e. The molecule has 3 N–H and O–H groups in total. The zero-order chi connectivity index (χ0) is 16.9. The molecule has 0 aliphatic rings. The molecule has 1 aromatic heterocycles. The molecule has 124 valence electrons. The molecule has 3 rings (SSSR count). The quantitative estimate of drug-likeness (QED) is 0.666. The summed E-state index contributed by atoms with van der Waals surface area (Å²) in [5.41, 5.74) is 2.89. The number of hydrogen-bond acceptors (Lipinski definition) is 4. The number of urea groups is 1. The molecule has 1 heterocycles. The largest absolute Gasteiger partial charge is 0.394 e. The van der Waals surface area contributed by atoms with Gasteiger partial charge in [0, 0.05) is 12.1 Å². The molecule has 0 saturated heterocycles. The molecule has 0 spiro atoms. The standard InChI is InChI=1S/C18H19N3O2S/c1-12(11-22)19-18(23)20-14-8-6-13(7-9-14)10-17-21-15-4-2-3-5-16(15)24-17/h2-9,12,22H,10-11H2,1H3,(H2,19,20,23). The van der Waals surface area contributed by atoms with Crippen LogP contribution in [0.1, 0.15) is 17.5 Å². The second-order valence-electron chi connectivity index (χ2n) is 5.63. The molecule has 6 heteroatoms. The fourth-order valence-electron chi connectivity index (χ4n) is 2.31. The molecule has 0 radical (unpaired) electrons. The Hall–Kier alpha value is -2.44. The SMILES string of the molecule is CC(CO)NC(=O)Nc1ccc(Cc2nc3ccccc3s2)cc1. The van der Waals surface area contributed by atoms with Crippen molar-refractivity contribution in [3.63, 3.8) is 0 Å². The summed E-state index contributed by atoms with van der Waals surface area (Å²) in [6.07, 6.45) is 0.771. The number of aliphatic hydroxyl groups is 1. The molecule has 2 amide bonds. The van der Waals surface area contributed by atoms with E-state index in [0.29, 0.717) is 5.69 Å². The van der Waals surface area contributed by atoms with Gasteiger partial charge in [0.05, 0.1) is 27.9 Å². The van der Waals surface area contributed by atoms with Gasteiger partial charge >= 0.3 is 6.03 Å². The maximum absolute atomic E-state index is 11.7. The van der Waals surface area contributed by atoms with Crippen molar-refractivity contribution >= 4 is 33.3 Å². The van der Waals surface area contributed by atoms with Crippen LogP contribution in [0.25, 0.3) is 10.2 Å². The fourth-order valence-corrected chi connectivity index (χ4v) is 3.31. The van der Waals surface area contributed by atoms with Crippen molar-refractivity contribution in [1.82, 2.24) is 10.3 Å². The number of aromatic nitrogens is 1. The summed E-state index contributed by atoms with van der Waals surface area (Å²) < 4.78 is 1.19. The third-order valence-corrected chi connectivity index (χ3v) is 4.59. The zero-order valence-corrected chi connectivity index (χ0v) is 14.1. The Kier molecular flexibility index (Phi) is 5.08. The molecule has 0 aliphatic heterocycles. The Balaban J connectivity index is 1.63. The Morgan fingerprint density at radius 2 is 1.96 bits per heavy atom. The van der Waals surface area contributed by atoms with E-state index in [1.807, 2.05) is 42.5 Å². The summed E-state index contributed by atoms with van der Waals surface area (Å²) in [6.45, 7) is 1.65. The average Bonchev–Trinajstić information content (AvgIpc) is 2.98. The minimum Gasteiger partial charge on any atom is -0.394 e. The number of benzene rings is 2. The number of nitrogens with one attached hydrogen (secondary N) is 2. The third-order valence-electron chi connectivity index (χ3n) is 3.56. The number of aliphatic hydroxyl groups excluding tert-OH is 1. The van der Waals surface area contributed by atoms with Crippen LogP contribution in [0.3, 0.4) is 0 Å². The normalized spacial score (nSPS) is 12.1. The van der Waals surface area contributed by atoms with Gasteiger partial charge in [-0.1, -0.05) is 24.3 Å². The van der Waals surface area contributed by atoms with Gasteiger partial charge in [-0.25, -0.2) is 9.78 Å². The number of nitrogens with zero attached hydrogens (tertiary/aromatic N) is 1. The molecule has 2 aromatic carbocycles. The van der Waals surface area contributed by atoms with E-state index in [2.05, 4.69) is 21.7 Å². The maximum atomic E-state index is 11.7. The molecule has 0 bridgehead atoms. The summed E-state index contributed by atoms with van der Waals surface area (Å²) in [5, 5.41) is 15.4. The molecule has 0 fully saturated rings. The van der Waals surface area contributed by atoms with Gasteiger partial charge in [-0.05, 0) is 36.8 Å². The van der Waals surface area contributed by atoms with Crippen molar-refractivity contribution in [2.45, 2.75) is 19.4 Å². The predicted octanol–water partition coefficient (Wildman–Crippen LogP) is 3.39. The second kappa shape index (κ2) is 7.42. The lowest BCUT2D eigenvalue weighted by molar-refractivity contribution is 0.229. The van der Waals surface area contributed by atoms with Gasteiger partial charge in [0.2, 0.25) is 0 Å². The Morgan fingerprint density at radius 1 is 1.21 bits per heavy atom. The van der Waals surface area contributed by atoms with Crippen LogP contribution in [-0.2, 0) is 6.42 Å². The molecule has 1 atom stereocenters. The highest BCUT2D eigenvalue weighted by Crippen LogP contribution is 2.24. The van der Waals surface area contributed by atoms with Crippen LogP contribution in [0.5, 0.6) is 0 Å². The Morgan fingerprint density at radius 3 is 2.67 bits per heavy atom. The van der Waals surface area contributed by atoms with Crippen LogP contribution in [0.2, 0.25) is 0 Å². The molecule has 5 nitrogen and oxygen atoms in total. The van der Waals surface area contributed by atoms with E-state index >= 15 is 0 Å². The highest BCUT2D eigenvalue weighted by atomic mass is 32.1. The number of amides is 2. The minimum atomic E-state index is -0.324. The van der Waals surface area contributed by atoms with Crippen molar-refractivity contribution in [3.8, 4) is 0 Å². The summed E-state index contributed by atoms with van der Waals surface area (Å²) in [7, 11) is 0. The lowest BCUT2D eigenvalue weighted by atomic mass is 10.1. The molecule has 1 unspecified atom stereocenters. The molecule has 0 saturated carbocycles. The van der Waals surface area contributed by atoms with E-state index in [0.717, 1.165) is 22.5 Å². The van der Waals surface area contributed by atoms with Gasteiger partial charge in [0.15, 0.2) is 0 Å². The third kappa shape index (κ3) is 4.10. The number of fused-ring (bicyclic) bond motifs is 1. The topological polar surface area (TPSA) is 74.2 Å². The molecule has 3 aromatic rings. The summed E-state index contributed by atoms with van der Waals surface area (Å²) >= 11 is 1.70. The minimum absolute atomic E-state index is 0.0888. The number of thiazole rings is 1. The van der Waals surface area contributed by atoms with E-state index in [4.69, 9.17) is 5.11 Å². The highest BCUT2D eigenvalue weighted by Gasteiger charge is 2.07. The Bertz CT molecular complexity index is 797. The van der Waals surface area contributed by atoms with Gasteiger partial charge < -0.3 is 15.7 Å². The van der Waals surface area contributed by atoms with Gasteiger partial charge in [-0.15, -0.1) is 11.3 Å². The zero-order valence-electron chi connectivity index (χ0n) is 13.3. The first-order chi connectivity index (χ1) is 11.6. The molecule has 0 aliphatic carbocycles. The van der Waals surface area contributed by atoms with Gasteiger partial charge in [0.1, 0.15) is 0 Å². The first-order valence-electron chi connectivity index (χ1n) is 7.76. The fraction of sp³-hybridized carbons (Fsp3) is 0.222. The first kappa shape index (κ1) is 16.4. The van der Waals surface area contributed by atoms with Crippen LogP contribution in [-0.4, -0.2) is 28.8 Å². The number of hydrogen-bond donors (Lipinski definition) is 3. The van der Waals surface area contributed by atoms with E-state index in [-0.39, 0.29) is 18.7 Å². The molecular weight excluding hydrogens is 322 g/mol. The molecular formula is C18H19N3O2S. The first-order valence-corrected chi connectivity index (χ1v) is 8.57. The number of carbonyl (C=O) groups excluding carboxylic acids is 1. The van der Waals surface area contributed by atoms with Gasteiger partial charge in [-0.3, -0.25) is 0 Å². The van der Waals surface area contributed by atoms with Crippen molar-refractivity contribution in [2.75, 3.05) is 11.9 Å². The van der Waals surface area contributed by atoms with Crippen molar-refractivity contribution < 1.29 is 9.90 Å². The monoisotopic (exact) mass is 341 g/mol. The summed E-state index contributed by atoms with van der Waals surface area (Å²) in [4.78, 5) is 16.4. The number of anilines is 1. The number of rotatable bonds is 5.